The van der Waals surface area contributed by atoms with Crippen molar-refractivity contribution in [2.75, 3.05) is 19.0 Å². The van der Waals surface area contributed by atoms with Crippen LogP contribution in [0, 0.1) is 6.92 Å². The van der Waals surface area contributed by atoms with Crippen LogP contribution >= 0.6 is 11.8 Å². The Morgan fingerprint density at radius 3 is 2.50 bits per heavy atom. The summed E-state index contributed by atoms with van der Waals surface area (Å²) in [6.45, 7) is 5.43. The van der Waals surface area contributed by atoms with Crippen molar-refractivity contribution in [1.82, 2.24) is 9.97 Å². The first kappa shape index (κ1) is 16.2. The van der Waals surface area contributed by atoms with Crippen molar-refractivity contribution >= 4 is 23.7 Å². The predicted octanol–water partition coefficient (Wildman–Crippen LogP) is 0.910. The number of hydrogen-bond donors (Lipinski definition) is 1. The highest BCUT2D eigenvalue weighted by molar-refractivity contribution is 8.00. The van der Waals surface area contributed by atoms with E-state index in [1.165, 1.54) is 0 Å². The zero-order valence-corrected chi connectivity index (χ0v) is 12.3. The zero-order valence-electron chi connectivity index (χ0n) is 11.5. The molecule has 1 aromatic heterocycles. The highest BCUT2D eigenvalue weighted by Gasteiger charge is 2.20. The molecule has 8 heteroatoms. The maximum Gasteiger partial charge on any atom is 0.346 e. The minimum absolute atomic E-state index is 0.0316. The largest absolute Gasteiger partial charge is 0.465 e. The first-order chi connectivity index (χ1) is 9.49. The molecule has 0 saturated heterocycles. The van der Waals surface area contributed by atoms with Crippen LogP contribution in [0.25, 0.3) is 0 Å². The van der Waals surface area contributed by atoms with Crippen molar-refractivity contribution in [2.45, 2.75) is 25.8 Å². The van der Waals surface area contributed by atoms with E-state index in [0.29, 0.717) is 5.69 Å². The lowest BCUT2D eigenvalue weighted by atomic mass is 10.2. The fraction of sp³-hybridized carbons (Fsp3) is 0.500. The van der Waals surface area contributed by atoms with Crippen molar-refractivity contribution in [2.24, 2.45) is 0 Å². The molecule has 7 nitrogen and oxygen atoms in total. The summed E-state index contributed by atoms with van der Waals surface area (Å²) < 4.78 is 9.70. The molecule has 0 aliphatic carbocycles. The Kier molecular flexibility index (Phi) is 6.23. The number of esters is 2. The van der Waals surface area contributed by atoms with Crippen LogP contribution in [0.4, 0.5) is 0 Å². The fourth-order valence-electron chi connectivity index (χ4n) is 1.44. The van der Waals surface area contributed by atoms with Gasteiger partial charge < -0.3 is 14.5 Å². The summed E-state index contributed by atoms with van der Waals surface area (Å²) in [6, 6.07) is 0. The van der Waals surface area contributed by atoms with E-state index in [2.05, 4.69) is 9.97 Å². The van der Waals surface area contributed by atoms with Crippen molar-refractivity contribution in [3.05, 3.63) is 21.7 Å². The third-order valence-corrected chi connectivity index (χ3v) is 3.15. The van der Waals surface area contributed by atoms with E-state index in [9.17, 15) is 14.4 Å². The van der Waals surface area contributed by atoms with Crippen molar-refractivity contribution in [3.8, 4) is 0 Å². The molecule has 1 heterocycles. The molecule has 20 heavy (non-hydrogen) atoms. The highest BCUT2D eigenvalue weighted by atomic mass is 32.2. The maximum atomic E-state index is 11.9. The highest BCUT2D eigenvalue weighted by Crippen LogP contribution is 2.21. The van der Waals surface area contributed by atoms with Crippen molar-refractivity contribution < 1.29 is 19.1 Å². The molecule has 0 fully saturated rings. The van der Waals surface area contributed by atoms with Gasteiger partial charge in [0, 0.05) is 5.69 Å². The van der Waals surface area contributed by atoms with Gasteiger partial charge in [-0.3, -0.25) is 4.79 Å². The molecule has 0 aliphatic heterocycles. The fourth-order valence-corrected chi connectivity index (χ4v) is 2.30. The van der Waals surface area contributed by atoms with E-state index in [1.807, 2.05) is 0 Å². The number of aromatic amines is 1. The molecular weight excluding hydrogens is 284 g/mol. The van der Waals surface area contributed by atoms with Gasteiger partial charge >= 0.3 is 17.6 Å². The van der Waals surface area contributed by atoms with Gasteiger partial charge in [0.2, 0.25) is 0 Å². The number of hydrogen-bond acceptors (Lipinski definition) is 7. The van der Waals surface area contributed by atoms with E-state index in [1.54, 1.807) is 20.8 Å². The topological polar surface area (TPSA) is 98.4 Å². The average molecular weight is 300 g/mol. The van der Waals surface area contributed by atoms with Crippen LogP contribution in [0.15, 0.2) is 9.82 Å². The van der Waals surface area contributed by atoms with Gasteiger partial charge in [0.15, 0.2) is 0 Å². The molecule has 0 saturated carbocycles. The molecule has 0 aliphatic rings. The molecule has 1 N–H and O–H groups in total. The number of carbonyl (C=O) groups excluding carboxylic acids is 2. The summed E-state index contributed by atoms with van der Waals surface area (Å²) in [5.41, 5.74) is -0.0579. The molecule has 1 aromatic rings. The number of aryl methyl sites for hydroxylation is 1. The number of ether oxygens (including phenoxy) is 2. The van der Waals surface area contributed by atoms with Crippen LogP contribution in [0.5, 0.6) is 0 Å². The van der Waals surface area contributed by atoms with Gasteiger partial charge in [-0.2, -0.15) is 4.98 Å². The minimum Gasteiger partial charge on any atom is -0.465 e. The van der Waals surface area contributed by atoms with Gasteiger partial charge in [0.05, 0.1) is 19.0 Å². The van der Waals surface area contributed by atoms with E-state index >= 15 is 0 Å². The van der Waals surface area contributed by atoms with E-state index in [0.717, 1.165) is 11.8 Å². The Labute approximate surface area is 120 Å². The molecule has 0 radical (unpaired) electrons. The number of H-pyrrole nitrogens is 1. The lowest BCUT2D eigenvalue weighted by molar-refractivity contribution is -0.139. The Morgan fingerprint density at radius 1 is 1.25 bits per heavy atom. The molecule has 0 amide bonds. The smallest absolute Gasteiger partial charge is 0.346 e. The second-order valence-corrected chi connectivity index (χ2v) is 4.63. The summed E-state index contributed by atoms with van der Waals surface area (Å²) >= 11 is 0.971. The molecule has 0 aromatic carbocycles. The third kappa shape index (κ3) is 4.37. The molecular formula is C12H16N2O5S. The molecule has 110 valence electrons. The molecule has 0 atom stereocenters. The monoisotopic (exact) mass is 300 g/mol. The van der Waals surface area contributed by atoms with Crippen LogP contribution in [0.2, 0.25) is 0 Å². The Hall–Kier alpha value is -1.83. The minimum atomic E-state index is -0.583. The summed E-state index contributed by atoms with van der Waals surface area (Å²) in [6.07, 6.45) is 0. The number of nitrogens with zero attached hydrogens (tertiary/aromatic N) is 1. The van der Waals surface area contributed by atoms with E-state index < -0.39 is 17.6 Å². The average Bonchev–Trinajstić information content (AvgIpc) is 2.36. The Bertz CT molecular complexity index is 555. The number of carbonyl (C=O) groups is 2. The molecule has 0 spiro atoms. The van der Waals surface area contributed by atoms with E-state index in [4.69, 9.17) is 9.47 Å². The van der Waals surface area contributed by atoms with Gasteiger partial charge in [0.1, 0.15) is 10.6 Å². The molecule has 1 rings (SSSR count). The van der Waals surface area contributed by atoms with Gasteiger partial charge in [-0.25, -0.2) is 9.59 Å². The molecule has 0 bridgehead atoms. The van der Waals surface area contributed by atoms with E-state index in [-0.39, 0.29) is 29.6 Å². The maximum absolute atomic E-state index is 11.9. The first-order valence-electron chi connectivity index (χ1n) is 6.06. The SMILES string of the molecule is CCOC(=O)CSc1nc(=O)[nH]c(C)c1C(=O)OCC. The lowest BCUT2D eigenvalue weighted by Gasteiger charge is -2.09. The number of thioether (sulfide) groups is 1. The van der Waals surface area contributed by atoms with Gasteiger partial charge in [-0.1, -0.05) is 11.8 Å². The van der Waals surface area contributed by atoms with Crippen LogP contribution < -0.4 is 5.69 Å². The second kappa shape index (κ2) is 7.68. The van der Waals surface area contributed by atoms with Crippen LogP contribution in [0.1, 0.15) is 29.9 Å². The van der Waals surface area contributed by atoms with Crippen molar-refractivity contribution in [1.29, 1.82) is 0 Å². The standard InChI is InChI=1S/C12H16N2O5S/c1-4-18-8(15)6-20-10-9(11(16)19-5-2)7(3)13-12(17)14-10/h4-6H2,1-3H3,(H,13,14,17). The normalized spacial score (nSPS) is 10.2. The van der Waals surface area contributed by atoms with Gasteiger partial charge in [-0.05, 0) is 20.8 Å². The third-order valence-electron chi connectivity index (χ3n) is 2.20. The van der Waals surface area contributed by atoms with Gasteiger partial charge in [-0.15, -0.1) is 0 Å². The van der Waals surface area contributed by atoms with Crippen LogP contribution in [-0.2, 0) is 14.3 Å². The summed E-state index contributed by atoms with van der Waals surface area (Å²) in [5, 5.41) is 0.165. The summed E-state index contributed by atoms with van der Waals surface area (Å²) in [7, 11) is 0. The Balaban J connectivity index is 3.01. The lowest BCUT2D eigenvalue weighted by Crippen LogP contribution is -2.20. The van der Waals surface area contributed by atoms with Crippen LogP contribution in [-0.4, -0.2) is 40.9 Å². The summed E-state index contributed by atoms with van der Waals surface area (Å²) in [4.78, 5) is 40.7. The second-order valence-electron chi connectivity index (χ2n) is 3.66. The number of rotatable bonds is 6. The quantitative estimate of drug-likeness (QED) is 0.473. The summed E-state index contributed by atoms with van der Waals surface area (Å²) in [5.74, 6) is -1.05. The number of aromatic nitrogens is 2. The molecule has 0 unspecified atom stereocenters. The first-order valence-corrected chi connectivity index (χ1v) is 7.04. The Morgan fingerprint density at radius 2 is 1.90 bits per heavy atom. The van der Waals surface area contributed by atoms with Crippen molar-refractivity contribution in [3.63, 3.8) is 0 Å². The number of nitrogens with one attached hydrogen (secondary N) is 1. The predicted molar refractivity (Wildman–Crippen MR) is 72.9 cm³/mol. The van der Waals surface area contributed by atoms with Crippen LogP contribution in [0.3, 0.4) is 0 Å². The zero-order chi connectivity index (χ0) is 15.1. The van der Waals surface area contributed by atoms with Gasteiger partial charge in [0.25, 0.3) is 0 Å².